The second-order valence-electron chi connectivity index (χ2n) is 7.25. The maximum absolute atomic E-state index is 5.57. The van der Waals surface area contributed by atoms with E-state index < -0.39 is 0 Å². The zero-order valence-electron chi connectivity index (χ0n) is 13.2. The van der Waals surface area contributed by atoms with Crippen LogP contribution >= 0.6 is 0 Å². The normalized spacial score (nSPS) is 36.3. The summed E-state index contributed by atoms with van der Waals surface area (Å²) >= 11 is 0. The molecule has 0 radical (unpaired) electrons. The van der Waals surface area contributed by atoms with E-state index in [0.29, 0.717) is 0 Å². The first kappa shape index (κ1) is 15.4. The molecular formula is C18H34O. The van der Waals surface area contributed by atoms with E-state index in [1.807, 2.05) is 0 Å². The highest BCUT2D eigenvalue weighted by molar-refractivity contribution is 4.75. The maximum Gasteiger partial charge on any atom is 0.0494 e. The van der Waals surface area contributed by atoms with Gasteiger partial charge in [0.15, 0.2) is 0 Å². The summed E-state index contributed by atoms with van der Waals surface area (Å²) in [4.78, 5) is 0. The van der Waals surface area contributed by atoms with Crippen LogP contribution in [0, 0.1) is 23.7 Å². The highest BCUT2D eigenvalue weighted by Gasteiger charge is 2.23. The predicted octanol–water partition coefficient (Wildman–Crippen LogP) is 5.44. The van der Waals surface area contributed by atoms with E-state index in [1.54, 1.807) is 0 Å². The highest BCUT2D eigenvalue weighted by atomic mass is 16.5. The Morgan fingerprint density at radius 1 is 0.737 bits per heavy atom. The fraction of sp³-hybridized carbons (Fsp3) is 1.00. The van der Waals surface area contributed by atoms with E-state index in [1.165, 1.54) is 64.2 Å². The van der Waals surface area contributed by atoms with E-state index in [2.05, 4.69) is 13.8 Å². The summed E-state index contributed by atoms with van der Waals surface area (Å²) in [6, 6.07) is 0. The SMILES string of the molecule is CCOC[C@H]1CC[C@H](CC[C@H]2CC[C@H](C)CC2)CC1. The third kappa shape index (κ3) is 5.45. The van der Waals surface area contributed by atoms with Crippen LogP contribution in [0.15, 0.2) is 0 Å². The van der Waals surface area contributed by atoms with Gasteiger partial charge in [0, 0.05) is 13.2 Å². The molecular weight excluding hydrogens is 232 g/mol. The van der Waals surface area contributed by atoms with Crippen molar-refractivity contribution in [3.63, 3.8) is 0 Å². The molecule has 2 fully saturated rings. The lowest BCUT2D eigenvalue weighted by Crippen LogP contribution is -2.20. The van der Waals surface area contributed by atoms with Gasteiger partial charge in [0.2, 0.25) is 0 Å². The molecule has 0 bridgehead atoms. The summed E-state index contributed by atoms with van der Waals surface area (Å²) in [5.74, 6) is 3.98. The van der Waals surface area contributed by atoms with Gasteiger partial charge in [-0.1, -0.05) is 58.3 Å². The molecule has 2 aliphatic carbocycles. The van der Waals surface area contributed by atoms with E-state index in [4.69, 9.17) is 4.74 Å². The van der Waals surface area contributed by atoms with Gasteiger partial charge in [0.05, 0.1) is 0 Å². The van der Waals surface area contributed by atoms with Crippen molar-refractivity contribution in [1.82, 2.24) is 0 Å². The van der Waals surface area contributed by atoms with E-state index >= 15 is 0 Å². The molecule has 0 aromatic heterocycles. The van der Waals surface area contributed by atoms with Crippen molar-refractivity contribution in [3.8, 4) is 0 Å². The van der Waals surface area contributed by atoms with Gasteiger partial charge in [-0.25, -0.2) is 0 Å². The third-order valence-electron chi connectivity index (χ3n) is 5.64. The molecule has 2 saturated carbocycles. The van der Waals surface area contributed by atoms with E-state index in [9.17, 15) is 0 Å². The lowest BCUT2D eigenvalue weighted by atomic mass is 9.76. The summed E-state index contributed by atoms with van der Waals surface area (Å²) in [6.07, 6.45) is 14.8. The van der Waals surface area contributed by atoms with Gasteiger partial charge >= 0.3 is 0 Å². The van der Waals surface area contributed by atoms with Crippen LogP contribution in [-0.4, -0.2) is 13.2 Å². The zero-order valence-corrected chi connectivity index (χ0v) is 13.2. The monoisotopic (exact) mass is 266 g/mol. The average Bonchev–Trinajstić information content (AvgIpc) is 2.46. The smallest absolute Gasteiger partial charge is 0.0494 e. The summed E-state index contributed by atoms with van der Waals surface area (Å²) in [5, 5.41) is 0. The predicted molar refractivity (Wildman–Crippen MR) is 82.3 cm³/mol. The van der Waals surface area contributed by atoms with Crippen LogP contribution < -0.4 is 0 Å². The quantitative estimate of drug-likeness (QED) is 0.622. The topological polar surface area (TPSA) is 9.23 Å². The van der Waals surface area contributed by atoms with Crippen molar-refractivity contribution < 1.29 is 4.74 Å². The molecule has 0 aromatic carbocycles. The number of hydrogen-bond donors (Lipinski definition) is 0. The molecule has 0 amide bonds. The van der Waals surface area contributed by atoms with Crippen LogP contribution in [0.4, 0.5) is 0 Å². The van der Waals surface area contributed by atoms with Crippen molar-refractivity contribution in [2.45, 2.75) is 78.1 Å². The summed E-state index contributed by atoms with van der Waals surface area (Å²) in [6.45, 7) is 6.44. The fourth-order valence-electron chi connectivity index (χ4n) is 4.06. The molecule has 1 heteroatoms. The Hall–Kier alpha value is -0.0400. The molecule has 0 aromatic rings. The van der Waals surface area contributed by atoms with Gasteiger partial charge < -0.3 is 4.74 Å². The van der Waals surface area contributed by atoms with Crippen molar-refractivity contribution >= 4 is 0 Å². The lowest BCUT2D eigenvalue weighted by molar-refractivity contribution is 0.0843. The van der Waals surface area contributed by atoms with Gasteiger partial charge in [0.25, 0.3) is 0 Å². The van der Waals surface area contributed by atoms with Crippen molar-refractivity contribution in [2.75, 3.05) is 13.2 Å². The lowest BCUT2D eigenvalue weighted by Gasteiger charge is -2.31. The summed E-state index contributed by atoms with van der Waals surface area (Å²) in [7, 11) is 0. The third-order valence-corrected chi connectivity index (χ3v) is 5.64. The summed E-state index contributed by atoms with van der Waals surface area (Å²) < 4.78 is 5.57. The summed E-state index contributed by atoms with van der Waals surface area (Å²) in [5.41, 5.74) is 0. The molecule has 0 N–H and O–H groups in total. The molecule has 2 rings (SSSR count). The molecule has 0 spiro atoms. The molecule has 0 aliphatic heterocycles. The Balaban J connectivity index is 1.55. The van der Waals surface area contributed by atoms with Crippen LogP contribution in [0.25, 0.3) is 0 Å². The Bertz CT molecular complexity index is 222. The van der Waals surface area contributed by atoms with Crippen molar-refractivity contribution in [2.24, 2.45) is 23.7 Å². The Morgan fingerprint density at radius 2 is 1.21 bits per heavy atom. The second-order valence-corrected chi connectivity index (χ2v) is 7.25. The minimum atomic E-state index is 0.867. The standard InChI is InChI=1S/C18H34O/c1-3-19-14-18-12-10-17(11-13-18)9-8-16-6-4-15(2)5-7-16/h15-18H,3-14H2,1-2H3/t15-,16-,17-,18-. The molecule has 0 heterocycles. The molecule has 0 saturated heterocycles. The van der Waals surface area contributed by atoms with Gasteiger partial charge in [-0.2, -0.15) is 0 Å². The molecule has 1 nitrogen and oxygen atoms in total. The Morgan fingerprint density at radius 3 is 1.74 bits per heavy atom. The van der Waals surface area contributed by atoms with Crippen LogP contribution in [0.3, 0.4) is 0 Å². The van der Waals surface area contributed by atoms with Crippen molar-refractivity contribution in [1.29, 1.82) is 0 Å². The fourth-order valence-corrected chi connectivity index (χ4v) is 4.06. The molecule has 0 atom stereocenters. The van der Waals surface area contributed by atoms with Crippen molar-refractivity contribution in [3.05, 3.63) is 0 Å². The number of hydrogen-bond acceptors (Lipinski definition) is 1. The maximum atomic E-state index is 5.57. The number of rotatable bonds is 6. The highest BCUT2D eigenvalue weighted by Crippen LogP contribution is 2.36. The molecule has 19 heavy (non-hydrogen) atoms. The van der Waals surface area contributed by atoms with E-state index in [-0.39, 0.29) is 0 Å². The first-order valence-electron chi connectivity index (χ1n) is 8.85. The Kier molecular flexibility index (Phi) is 6.70. The number of ether oxygens (including phenoxy) is 1. The van der Waals surface area contributed by atoms with Gasteiger partial charge in [-0.3, -0.25) is 0 Å². The average molecular weight is 266 g/mol. The van der Waals surface area contributed by atoms with Crippen LogP contribution in [0.2, 0.25) is 0 Å². The zero-order chi connectivity index (χ0) is 13.5. The van der Waals surface area contributed by atoms with Gasteiger partial charge in [0.1, 0.15) is 0 Å². The second kappa shape index (κ2) is 8.29. The Labute approximate surface area is 120 Å². The minimum absolute atomic E-state index is 0.867. The molecule has 112 valence electrons. The van der Waals surface area contributed by atoms with Gasteiger partial charge in [-0.15, -0.1) is 0 Å². The minimum Gasteiger partial charge on any atom is -0.381 e. The first-order chi connectivity index (χ1) is 9.28. The van der Waals surface area contributed by atoms with Crippen LogP contribution in [0.5, 0.6) is 0 Å². The molecule has 2 aliphatic rings. The van der Waals surface area contributed by atoms with Crippen LogP contribution in [0.1, 0.15) is 78.1 Å². The largest absolute Gasteiger partial charge is 0.381 e. The van der Waals surface area contributed by atoms with Gasteiger partial charge in [-0.05, 0) is 43.4 Å². The van der Waals surface area contributed by atoms with E-state index in [0.717, 1.165) is 36.9 Å². The first-order valence-corrected chi connectivity index (χ1v) is 8.85. The molecule has 0 unspecified atom stereocenters. The van der Waals surface area contributed by atoms with Crippen LogP contribution in [-0.2, 0) is 4.74 Å².